The summed E-state index contributed by atoms with van der Waals surface area (Å²) in [4.78, 5) is 31.4. The third-order valence-electron chi connectivity index (χ3n) is 4.39. The van der Waals surface area contributed by atoms with Gasteiger partial charge in [-0.1, -0.05) is 11.6 Å². The lowest BCUT2D eigenvalue weighted by atomic mass is 10.1. The van der Waals surface area contributed by atoms with Crippen LogP contribution in [-0.2, 0) is 6.54 Å². The van der Waals surface area contributed by atoms with Crippen LogP contribution < -0.4 is 10.9 Å². The summed E-state index contributed by atoms with van der Waals surface area (Å²) < 4.78 is 5.15. The highest BCUT2D eigenvalue weighted by Crippen LogP contribution is 2.25. The van der Waals surface area contributed by atoms with Crippen LogP contribution >= 0.6 is 11.6 Å². The number of pyridine rings is 1. The number of halogens is 1. The van der Waals surface area contributed by atoms with Crippen LogP contribution in [0, 0.1) is 0 Å². The van der Waals surface area contributed by atoms with E-state index in [1.54, 1.807) is 49.2 Å². The van der Waals surface area contributed by atoms with Gasteiger partial charge in [0.25, 0.3) is 5.56 Å². The molecule has 0 atom stereocenters. The normalized spacial score (nSPS) is 11.3. The monoisotopic (exact) mass is 392 g/mol. The maximum Gasteiger partial charge on any atom is 0.253 e. The summed E-state index contributed by atoms with van der Waals surface area (Å²) in [6, 6.07) is 8.93. The Kier molecular flexibility index (Phi) is 3.84. The molecule has 0 amide bonds. The van der Waals surface area contributed by atoms with Gasteiger partial charge >= 0.3 is 0 Å². The fourth-order valence-corrected chi connectivity index (χ4v) is 3.22. The fraction of sp³-hybridized carbons (Fsp3) is 0.0526. The summed E-state index contributed by atoms with van der Waals surface area (Å²) in [6.07, 6.45) is 4.73. The van der Waals surface area contributed by atoms with Crippen molar-refractivity contribution >= 4 is 39.6 Å². The van der Waals surface area contributed by atoms with Crippen LogP contribution in [-0.4, -0.2) is 24.9 Å². The second-order valence-corrected chi connectivity index (χ2v) is 6.65. The van der Waals surface area contributed by atoms with E-state index in [2.05, 4.69) is 30.2 Å². The van der Waals surface area contributed by atoms with Crippen LogP contribution in [0.2, 0.25) is 5.02 Å². The minimum Gasteiger partial charge on any atom is -0.472 e. The van der Waals surface area contributed by atoms with E-state index in [-0.39, 0.29) is 12.1 Å². The smallest absolute Gasteiger partial charge is 0.253 e. The summed E-state index contributed by atoms with van der Waals surface area (Å²) in [6.45, 7) is 0.252. The predicted octanol–water partition coefficient (Wildman–Crippen LogP) is 3.72. The van der Waals surface area contributed by atoms with Gasteiger partial charge in [0.15, 0.2) is 5.65 Å². The SMILES string of the molecule is O=c1[nH]c2ccc(Cl)cc2cc1CNc1nc(-c2ccoc2)c2nc[nH]c2n1. The van der Waals surface area contributed by atoms with Crippen LogP contribution in [0.5, 0.6) is 0 Å². The molecule has 5 rings (SSSR count). The number of anilines is 1. The van der Waals surface area contributed by atoms with Gasteiger partial charge in [-0.2, -0.15) is 4.98 Å². The molecular formula is C19H13ClN6O2. The molecule has 4 aromatic heterocycles. The van der Waals surface area contributed by atoms with Gasteiger partial charge in [-0.15, -0.1) is 0 Å². The van der Waals surface area contributed by atoms with Gasteiger partial charge in [0.05, 0.1) is 18.9 Å². The number of imidazole rings is 1. The molecule has 4 heterocycles. The number of furan rings is 1. The molecule has 0 aliphatic carbocycles. The van der Waals surface area contributed by atoms with Gasteiger partial charge in [0.1, 0.15) is 11.2 Å². The zero-order valence-electron chi connectivity index (χ0n) is 14.4. The Morgan fingerprint density at radius 3 is 2.96 bits per heavy atom. The van der Waals surface area contributed by atoms with Gasteiger partial charge in [0, 0.05) is 33.6 Å². The number of nitrogens with one attached hydrogen (secondary N) is 3. The zero-order chi connectivity index (χ0) is 19.1. The first-order valence-electron chi connectivity index (χ1n) is 8.46. The lowest BCUT2D eigenvalue weighted by Gasteiger charge is -2.08. The number of aromatic nitrogens is 5. The first-order chi connectivity index (χ1) is 13.7. The zero-order valence-corrected chi connectivity index (χ0v) is 15.1. The summed E-state index contributed by atoms with van der Waals surface area (Å²) in [5, 5.41) is 4.57. The molecule has 9 heteroatoms. The molecule has 0 fully saturated rings. The van der Waals surface area contributed by atoms with Crippen molar-refractivity contribution in [2.24, 2.45) is 0 Å². The summed E-state index contributed by atoms with van der Waals surface area (Å²) in [5.41, 5.74) is 3.77. The number of hydrogen-bond donors (Lipinski definition) is 3. The Bertz CT molecular complexity index is 1360. The second kappa shape index (κ2) is 6.50. The van der Waals surface area contributed by atoms with Crippen molar-refractivity contribution < 1.29 is 4.42 Å². The third kappa shape index (κ3) is 2.89. The van der Waals surface area contributed by atoms with Crippen LogP contribution in [0.1, 0.15) is 5.56 Å². The van der Waals surface area contributed by atoms with Crippen molar-refractivity contribution in [3.63, 3.8) is 0 Å². The van der Waals surface area contributed by atoms with Crippen molar-refractivity contribution in [2.45, 2.75) is 6.54 Å². The highest BCUT2D eigenvalue weighted by molar-refractivity contribution is 6.31. The lowest BCUT2D eigenvalue weighted by Crippen LogP contribution is -2.16. The molecule has 8 nitrogen and oxygen atoms in total. The van der Waals surface area contributed by atoms with Crippen LogP contribution in [0.4, 0.5) is 5.95 Å². The first kappa shape index (κ1) is 16.5. The molecule has 0 aliphatic rings. The topological polar surface area (TPSA) is 112 Å². The predicted molar refractivity (Wildman–Crippen MR) is 106 cm³/mol. The number of H-pyrrole nitrogens is 2. The Morgan fingerprint density at radius 1 is 1.18 bits per heavy atom. The molecule has 0 aliphatic heterocycles. The molecular weight excluding hydrogens is 380 g/mol. The highest BCUT2D eigenvalue weighted by Gasteiger charge is 2.13. The first-order valence-corrected chi connectivity index (χ1v) is 8.84. The molecule has 28 heavy (non-hydrogen) atoms. The van der Waals surface area contributed by atoms with Gasteiger partial charge < -0.3 is 19.7 Å². The molecule has 0 bridgehead atoms. The highest BCUT2D eigenvalue weighted by atomic mass is 35.5. The summed E-state index contributed by atoms with van der Waals surface area (Å²) >= 11 is 6.05. The van der Waals surface area contributed by atoms with Crippen molar-refractivity contribution in [1.82, 2.24) is 24.9 Å². The number of aromatic amines is 2. The third-order valence-corrected chi connectivity index (χ3v) is 4.63. The number of hydrogen-bond acceptors (Lipinski definition) is 6. The minimum absolute atomic E-state index is 0.181. The standard InChI is InChI=1S/C19H13ClN6O2/c20-13-1-2-14-11(6-13)5-12(18(27)24-14)7-21-19-25-15(10-3-4-28-8-10)16-17(26-19)23-9-22-16/h1-6,8-9H,7H2,(H,24,27)(H2,21,22,23,25,26). The maximum absolute atomic E-state index is 12.4. The number of nitrogens with zero attached hydrogens (tertiary/aromatic N) is 3. The molecule has 3 N–H and O–H groups in total. The van der Waals surface area contributed by atoms with E-state index in [9.17, 15) is 4.79 Å². The largest absolute Gasteiger partial charge is 0.472 e. The van der Waals surface area contributed by atoms with E-state index in [4.69, 9.17) is 16.0 Å². The summed E-state index contributed by atoms with van der Waals surface area (Å²) in [7, 11) is 0. The van der Waals surface area contributed by atoms with E-state index in [0.29, 0.717) is 33.4 Å². The molecule has 0 spiro atoms. The van der Waals surface area contributed by atoms with Crippen LogP contribution in [0.3, 0.4) is 0 Å². The van der Waals surface area contributed by atoms with Gasteiger partial charge in [-0.3, -0.25) is 4.79 Å². The van der Waals surface area contributed by atoms with Crippen molar-refractivity contribution in [3.05, 3.63) is 70.1 Å². The number of benzene rings is 1. The van der Waals surface area contributed by atoms with E-state index >= 15 is 0 Å². The second-order valence-electron chi connectivity index (χ2n) is 6.22. The number of fused-ring (bicyclic) bond motifs is 2. The Morgan fingerprint density at radius 2 is 2.11 bits per heavy atom. The van der Waals surface area contributed by atoms with Gasteiger partial charge in [-0.25, -0.2) is 9.97 Å². The Labute approximate surface area is 162 Å². The van der Waals surface area contributed by atoms with Crippen LogP contribution in [0.15, 0.2) is 58.4 Å². The molecule has 0 saturated carbocycles. The van der Waals surface area contributed by atoms with E-state index in [1.165, 1.54) is 0 Å². The fourth-order valence-electron chi connectivity index (χ4n) is 3.04. The molecule has 0 radical (unpaired) electrons. The van der Waals surface area contributed by atoms with Crippen molar-refractivity contribution in [1.29, 1.82) is 0 Å². The Balaban J connectivity index is 1.50. The minimum atomic E-state index is -0.181. The average Bonchev–Trinajstić information content (AvgIpc) is 3.37. The van der Waals surface area contributed by atoms with Crippen molar-refractivity contribution in [3.8, 4) is 11.3 Å². The molecule has 0 saturated heterocycles. The van der Waals surface area contributed by atoms with Crippen molar-refractivity contribution in [2.75, 3.05) is 5.32 Å². The van der Waals surface area contributed by atoms with E-state index in [0.717, 1.165) is 16.5 Å². The Hall–Kier alpha value is -3.65. The molecule has 1 aromatic carbocycles. The molecule has 5 aromatic rings. The maximum atomic E-state index is 12.4. The number of rotatable bonds is 4. The van der Waals surface area contributed by atoms with Crippen LogP contribution in [0.25, 0.3) is 33.3 Å². The average molecular weight is 393 g/mol. The van der Waals surface area contributed by atoms with Gasteiger partial charge in [-0.05, 0) is 30.3 Å². The van der Waals surface area contributed by atoms with E-state index < -0.39 is 0 Å². The van der Waals surface area contributed by atoms with E-state index in [1.807, 2.05) is 0 Å². The lowest BCUT2D eigenvalue weighted by molar-refractivity contribution is 0.568. The molecule has 0 unspecified atom stereocenters. The quantitative estimate of drug-likeness (QED) is 0.429. The van der Waals surface area contributed by atoms with Gasteiger partial charge in [0.2, 0.25) is 5.95 Å². The summed E-state index contributed by atoms with van der Waals surface area (Å²) in [5.74, 6) is 0.374. The molecule has 138 valence electrons.